The average Bonchev–Trinajstić information content (AvgIpc) is 2.63. The molecule has 0 amide bonds. The molecule has 0 heterocycles. The van der Waals surface area contributed by atoms with Crippen LogP contribution in [0.3, 0.4) is 0 Å². The molecule has 0 radical (unpaired) electrons. The number of hydrogen-bond acceptors (Lipinski definition) is 4. The first-order valence-corrected chi connectivity index (χ1v) is 9.56. The minimum Gasteiger partial charge on any atom is -0.481 e. The first-order chi connectivity index (χ1) is 13.0. The van der Waals surface area contributed by atoms with Gasteiger partial charge < -0.3 is 20.4 Å². The molecule has 5 heteroatoms. The minimum absolute atomic E-state index is 0.0980. The Kier molecular flexibility index (Phi) is 16.2. The maximum absolute atomic E-state index is 10.3. The molecule has 0 aromatic rings. The highest BCUT2D eigenvalue weighted by Gasteiger charge is 2.11. The number of unbranched alkanes of at least 4 members (excludes halogenated alkanes) is 2. The molecule has 152 valence electrons. The van der Waals surface area contributed by atoms with Crippen molar-refractivity contribution in [3.05, 3.63) is 60.8 Å². The summed E-state index contributed by atoms with van der Waals surface area (Å²) in [6.45, 7) is 2.10. The molecular weight excluding hydrogens is 344 g/mol. The third-order valence-corrected chi connectivity index (χ3v) is 3.76. The van der Waals surface area contributed by atoms with Crippen molar-refractivity contribution in [3.8, 4) is 0 Å². The molecule has 4 N–H and O–H groups in total. The molecule has 0 bridgehead atoms. The van der Waals surface area contributed by atoms with Crippen molar-refractivity contribution in [2.75, 3.05) is 0 Å². The van der Waals surface area contributed by atoms with Crippen LogP contribution in [0, 0.1) is 0 Å². The summed E-state index contributed by atoms with van der Waals surface area (Å²) in [5, 5.41) is 37.8. The molecule has 0 aromatic carbocycles. The van der Waals surface area contributed by atoms with Crippen LogP contribution in [0.2, 0.25) is 0 Å². The van der Waals surface area contributed by atoms with E-state index < -0.39 is 24.3 Å². The van der Waals surface area contributed by atoms with Crippen LogP contribution in [-0.4, -0.2) is 44.7 Å². The fourth-order valence-corrected chi connectivity index (χ4v) is 2.17. The van der Waals surface area contributed by atoms with Gasteiger partial charge in [0.05, 0.1) is 18.3 Å². The molecule has 27 heavy (non-hydrogen) atoms. The lowest BCUT2D eigenvalue weighted by Crippen LogP contribution is -2.23. The van der Waals surface area contributed by atoms with Crippen molar-refractivity contribution in [2.24, 2.45) is 0 Å². The molecule has 0 rings (SSSR count). The van der Waals surface area contributed by atoms with Crippen LogP contribution in [-0.2, 0) is 4.79 Å². The van der Waals surface area contributed by atoms with Crippen molar-refractivity contribution in [1.29, 1.82) is 0 Å². The molecule has 0 fully saturated rings. The van der Waals surface area contributed by atoms with Crippen LogP contribution in [0.25, 0.3) is 0 Å². The summed E-state index contributed by atoms with van der Waals surface area (Å²) in [6.07, 6.45) is 19.8. The van der Waals surface area contributed by atoms with E-state index in [2.05, 4.69) is 6.92 Å². The number of aliphatic hydroxyl groups is 3. The van der Waals surface area contributed by atoms with E-state index in [1.807, 2.05) is 0 Å². The van der Waals surface area contributed by atoms with Crippen molar-refractivity contribution >= 4 is 5.97 Å². The summed E-state index contributed by atoms with van der Waals surface area (Å²) in [6, 6.07) is 0. The molecule has 0 aliphatic heterocycles. The van der Waals surface area contributed by atoms with E-state index in [9.17, 15) is 20.1 Å². The molecule has 0 spiro atoms. The normalized spacial score (nSPS) is 16.3. The third-order valence-electron chi connectivity index (χ3n) is 3.76. The highest BCUT2D eigenvalue weighted by molar-refractivity contribution is 5.66. The van der Waals surface area contributed by atoms with Gasteiger partial charge in [0.1, 0.15) is 0 Å². The van der Waals surface area contributed by atoms with Gasteiger partial charge in [0, 0.05) is 6.42 Å². The van der Waals surface area contributed by atoms with Gasteiger partial charge in [-0.3, -0.25) is 4.79 Å². The van der Waals surface area contributed by atoms with Crippen LogP contribution in [0.5, 0.6) is 0 Å². The number of rotatable bonds is 15. The van der Waals surface area contributed by atoms with Crippen LogP contribution in [0.15, 0.2) is 60.8 Å². The lowest BCUT2D eigenvalue weighted by atomic mass is 10.1. The first-order valence-electron chi connectivity index (χ1n) is 9.56. The summed E-state index contributed by atoms with van der Waals surface area (Å²) >= 11 is 0. The average molecular weight is 379 g/mol. The molecule has 0 saturated carbocycles. The zero-order chi connectivity index (χ0) is 20.3. The van der Waals surface area contributed by atoms with Crippen molar-refractivity contribution in [2.45, 2.75) is 70.2 Å². The second-order valence-corrected chi connectivity index (χ2v) is 6.30. The molecule has 5 nitrogen and oxygen atoms in total. The van der Waals surface area contributed by atoms with Gasteiger partial charge in [-0.2, -0.15) is 0 Å². The Morgan fingerprint density at radius 3 is 2.15 bits per heavy atom. The van der Waals surface area contributed by atoms with Crippen LogP contribution < -0.4 is 0 Å². The number of carboxylic acid groups (broad SMARTS) is 1. The lowest BCUT2D eigenvalue weighted by Gasteiger charge is -2.13. The largest absolute Gasteiger partial charge is 0.481 e. The number of carbonyl (C=O) groups is 1. The quantitative estimate of drug-likeness (QED) is 0.198. The number of allylic oxidation sites excluding steroid dienone is 7. The molecule has 0 aliphatic carbocycles. The lowest BCUT2D eigenvalue weighted by molar-refractivity contribution is -0.136. The van der Waals surface area contributed by atoms with Crippen molar-refractivity contribution in [3.63, 3.8) is 0 Å². The Balaban J connectivity index is 3.98. The Morgan fingerprint density at radius 1 is 0.889 bits per heavy atom. The number of aliphatic carboxylic acids is 1. The predicted octanol–water partition coefficient (Wildman–Crippen LogP) is 3.69. The van der Waals surface area contributed by atoms with Crippen LogP contribution in [0.4, 0.5) is 0 Å². The van der Waals surface area contributed by atoms with Gasteiger partial charge >= 0.3 is 5.97 Å². The predicted molar refractivity (Wildman–Crippen MR) is 109 cm³/mol. The van der Waals surface area contributed by atoms with Crippen molar-refractivity contribution < 1.29 is 25.2 Å². The van der Waals surface area contributed by atoms with Gasteiger partial charge in [0.15, 0.2) is 0 Å². The third kappa shape index (κ3) is 17.2. The Morgan fingerprint density at radius 2 is 1.52 bits per heavy atom. The van der Waals surface area contributed by atoms with Crippen LogP contribution in [0.1, 0.15) is 51.9 Å². The summed E-state index contributed by atoms with van der Waals surface area (Å²) in [5.41, 5.74) is 0. The van der Waals surface area contributed by atoms with Crippen LogP contribution >= 0.6 is 0 Å². The minimum atomic E-state index is -0.853. The monoisotopic (exact) mass is 378 g/mol. The summed E-state index contributed by atoms with van der Waals surface area (Å²) in [5.74, 6) is -0.828. The van der Waals surface area contributed by atoms with Gasteiger partial charge in [-0.05, 0) is 19.3 Å². The summed E-state index contributed by atoms with van der Waals surface area (Å²) in [7, 11) is 0. The van der Waals surface area contributed by atoms with Crippen molar-refractivity contribution in [1.82, 2.24) is 0 Å². The standard InChI is InChI=1S/C22H34O5/c1-2-3-9-16-20(24)21(25)17-12-7-5-4-6-10-14-19(23)15-11-8-13-18-22(26)27/h4-8,10-12,14,17,19-21,23-25H,2-3,9,13,15-16,18H2,1H3,(H,26,27)/b6-4+,7-5+,11-8+,14-10+,17-12+. The second-order valence-electron chi connectivity index (χ2n) is 6.30. The molecule has 3 unspecified atom stereocenters. The van der Waals surface area contributed by atoms with Gasteiger partial charge in [-0.25, -0.2) is 0 Å². The fraction of sp³-hybridized carbons (Fsp3) is 0.500. The van der Waals surface area contributed by atoms with E-state index in [1.165, 1.54) is 0 Å². The Bertz CT molecular complexity index is 517. The smallest absolute Gasteiger partial charge is 0.303 e. The maximum Gasteiger partial charge on any atom is 0.303 e. The van der Waals surface area contributed by atoms with E-state index in [4.69, 9.17) is 5.11 Å². The fourth-order valence-electron chi connectivity index (χ4n) is 2.17. The van der Waals surface area contributed by atoms with E-state index in [1.54, 1.807) is 60.8 Å². The topological polar surface area (TPSA) is 98.0 Å². The molecule has 0 aliphatic rings. The number of aliphatic hydroxyl groups excluding tert-OH is 3. The SMILES string of the molecule is CCCCCC(O)C(O)/C=C/C=C/C=C/C=C/C(O)C/C=C/CCC(=O)O. The second kappa shape index (κ2) is 17.5. The molecule has 3 atom stereocenters. The Labute approximate surface area is 162 Å². The van der Waals surface area contributed by atoms with Gasteiger partial charge in [-0.15, -0.1) is 0 Å². The number of hydrogen-bond donors (Lipinski definition) is 4. The molecular formula is C22H34O5. The summed E-state index contributed by atoms with van der Waals surface area (Å²) < 4.78 is 0. The van der Waals surface area contributed by atoms with Gasteiger partial charge in [0.25, 0.3) is 0 Å². The first kappa shape index (κ1) is 25.1. The van der Waals surface area contributed by atoms with E-state index in [0.29, 0.717) is 19.3 Å². The van der Waals surface area contributed by atoms with E-state index in [0.717, 1.165) is 19.3 Å². The molecule has 0 saturated heterocycles. The zero-order valence-corrected chi connectivity index (χ0v) is 16.2. The Hall–Kier alpha value is -1.95. The highest BCUT2D eigenvalue weighted by atomic mass is 16.4. The number of carboxylic acids is 1. The van der Waals surface area contributed by atoms with Gasteiger partial charge in [-0.1, -0.05) is 86.9 Å². The van der Waals surface area contributed by atoms with E-state index >= 15 is 0 Å². The maximum atomic E-state index is 10.3. The summed E-state index contributed by atoms with van der Waals surface area (Å²) in [4.78, 5) is 10.3. The molecule has 0 aromatic heterocycles. The zero-order valence-electron chi connectivity index (χ0n) is 16.2. The highest BCUT2D eigenvalue weighted by Crippen LogP contribution is 2.07. The van der Waals surface area contributed by atoms with E-state index in [-0.39, 0.29) is 6.42 Å². The van der Waals surface area contributed by atoms with Gasteiger partial charge in [0.2, 0.25) is 0 Å².